The number of alkyl halides is 1. The summed E-state index contributed by atoms with van der Waals surface area (Å²) in [5.41, 5.74) is 0.311. The van der Waals surface area contributed by atoms with Gasteiger partial charge < -0.3 is 18.9 Å². The molecule has 11 heteroatoms. The lowest BCUT2D eigenvalue weighted by atomic mass is 9.70. The molecule has 8 nitrogen and oxygen atoms in total. The molecule has 2 unspecified atom stereocenters. The lowest BCUT2D eigenvalue weighted by Crippen LogP contribution is -2.51. The van der Waals surface area contributed by atoms with Gasteiger partial charge in [-0.15, -0.1) is 0 Å². The molecule has 272 valence electrons. The second-order valence-corrected chi connectivity index (χ2v) is 15.7. The molecule has 0 aromatic heterocycles. The molecule has 0 heterocycles. The number of ether oxygens (including phenoxy) is 4. The van der Waals surface area contributed by atoms with Crippen LogP contribution in [0.1, 0.15) is 95.0 Å². The molecule has 1 aliphatic rings. The molecule has 0 amide bonds. The van der Waals surface area contributed by atoms with Gasteiger partial charge in [0.15, 0.2) is 4.32 Å². The van der Waals surface area contributed by atoms with Gasteiger partial charge in [0, 0.05) is 24.9 Å². The second kappa shape index (κ2) is 17.2. The molecular formula is C40H43Br3O8. The molecule has 0 radical (unpaired) electrons. The standard InChI is InChI=1S/C40H43Br3O8/c1-5-9-18-48-36(44)25-22-27(42)31-30-26(41)17-16-23-14-13-15-24(28(23)30)34-32(31)29(25)33(37(45)49-19-10-6-2)35(38(46)50-20-11-7-3)40(34,43)39(47)51-21-12-8-4/h13-17,22,35H,5-12,18-21H2,1-4H3. The maximum atomic E-state index is 14.8. The number of rotatable bonds is 16. The van der Waals surface area contributed by atoms with Crippen molar-refractivity contribution in [2.45, 2.75) is 83.4 Å². The number of carbonyl (C=O) groups excluding carboxylic acids is 4. The number of halogens is 3. The van der Waals surface area contributed by atoms with Gasteiger partial charge in [-0.2, -0.15) is 0 Å². The van der Waals surface area contributed by atoms with Gasteiger partial charge in [0.2, 0.25) is 0 Å². The molecule has 0 bridgehead atoms. The Morgan fingerprint density at radius 2 is 1.24 bits per heavy atom. The number of fused-ring (bicyclic) bond motifs is 2. The van der Waals surface area contributed by atoms with E-state index in [1.54, 1.807) is 6.07 Å². The van der Waals surface area contributed by atoms with Gasteiger partial charge in [0.1, 0.15) is 5.92 Å². The number of benzene rings is 4. The van der Waals surface area contributed by atoms with E-state index in [9.17, 15) is 19.2 Å². The maximum Gasteiger partial charge on any atom is 0.338 e. The van der Waals surface area contributed by atoms with Crippen LogP contribution in [-0.2, 0) is 37.7 Å². The number of hydrogen-bond donors (Lipinski definition) is 0. The zero-order valence-electron chi connectivity index (χ0n) is 29.4. The van der Waals surface area contributed by atoms with Crippen molar-refractivity contribution in [3.05, 3.63) is 61.7 Å². The first-order valence-electron chi connectivity index (χ1n) is 17.8. The number of hydrogen-bond acceptors (Lipinski definition) is 8. The van der Waals surface area contributed by atoms with Gasteiger partial charge in [-0.1, -0.05) is 125 Å². The molecular weight excluding hydrogens is 848 g/mol. The molecule has 0 saturated carbocycles. The van der Waals surface area contributed by atoms with Crippen LogP contribution < -0.4 is 5.22 Å². The summed E-state index contributed by atoms with van der Waals surface area (Å²) in [5.74, 6) is -4.63. The van der Waals surface area contributed by atoms with Gasteiger partial charge in [0.25, 0.3) is 0 Å². The first-order valence-corrected chi connectivity index (χ1v) is 20.2. The Morgan fingerprint density at radius 1 is 0.667 bits per heavy atom. The van der Waals surface area contributed by atoms with E-state index >= 15 is 0 Å². The number of carbonyl (C=O) groups is 4. The fourth-order valence-corrected chi connectivity index (χ4v) is 8.80. The minimum atomic E-state index is -1.95. The van der Waals surface area contributed by atoms with Crippen LogP contribution in [0.4, 0.5) is 0 Å². The molecule has 1 aliphatic carbocycles. The monoisotopic (exact) mass is 888 g/mol. The summed E-state index contributed by atoms with van der Waals surface area (Å²) in [4.78, 5) is 58.1. The molecule has 0 fully saturated rings. The molecule has 0 N–H and O–H groups in total. The summed E-state index contributed by atoms with van der Waals surface area (Å²) < 4.78 is 22.8. The van der Waals surface area contributed by atoms with Crippen LogP contribution in [0.25, 0.3) is 37.9 Å². The summed E-state index contributed by atoms with van der Waals surface area (Å²) in [6, 6.07) is 11.3. The number of esters is 4. The third-order valence-corrected chi connectivity index (χ3v) is 11.7. The highest BCUT2D eigenvalue weighted by molar-refractivity contribution is 9.11. The largest absolute Gasteiger partial charge is 0.465 e. The quantitative estimate of drug-likeness (QED) is 0.0274. The van der Waals surface area contributed by atoms with E-state index in [0.717, 1.165) is 46.3 Å². The Labute approximate surface area is 323 Å². The first kappa shape index (κ1) is 39.2. The van der Waals surface area contributed by atoms with Crippen LogP contribution in [0.5, 0.6) is 0 Å². The van der Waals surface area contributed by atoms with Gasteiger partial charge in [-0.3, -0.25) is 9.59 Å². The van der Waals surface area contributed by atoms with Gasteiger partial charge in [-0.05, 0) is 64.9 Å². The highest BCUT2D eigenvalue weighted by Crippen LogP contribution is 2.55. The highest BCUT2D eigenvalue weighted by Gasteiger charge is 2.58. The summed E-state index contributed by atoms with van der Waals surface area (Å²) in [6.07, 6.45) is 5.48. The normalized spacial score (nSPS) is 16.8. The third kappa shape index (κ3) is 7.32. The van der Waals surface area contributed by atoms with Crippen LogP contribution in [0.15, 0.2) is 45.3 Å². The smallest absolute Gasteiger partial charge is 0.338 e. The lowest BCUT2D eigenvalue weighted by Gasteiger charge is -2.39. The number of unbranched alkanes of at least 4 members (excludes halogenated alkanes) is 4. The van der Waals surface area contributed by atoms with E-state index in [-0.39, 0.29) is 42.8 Å². The Morgan fingerprint density at radius 3 is 1.86 bits per heavy atom. The summed E-state index contributed by atoms with van der Waals surface area (Å²) in [5, 5.41) is 4.43. The van der Waals surface area contributed by atoms with Crippen LogP contribution >= 0.6 is 47.8 Å². The zero-order valence-corrected chi connectivity index (χ0v) is 34.2. The zero-order chi connectivity index (χ0) is 36.9. The van der Waals surface area contributed by atoms with Crippen molar-refractivity contribution in [3.63, 3.8) is 0 Å². The Bertz CT molecular complexity index is 2040. The van der Waals surface area contributed by atoms with Crippen molar-refractivity contribution in [1.82, 2.24) is 0 Å². The Balaban J connectivity index is 2.06. The average molecular weight is 891 g/mol. The predicted molar refractivity (Wildman–Crippen MR) is 210 cm³/mol. The molecule has 0 saturated heterocycles. The van der Waals surface area contributed by atoms with Crippen molar-refractivity contribution < 1.29 is 38.1 Å². The molecule has 5 rings (SSSR count). The maximum absolute atomic E-state index is 14.8. The average Bonchev–Trinajstić information content (AvgIpc) is 3.11. The molecule has 4 aromatic carbocycles. The van der Waals surface area contributed by atoms with Gasteiger partial charge in [-0.25, -0.2) is 9.59 Å². The highest BCUT2D eigenvalue weighted by atomic mass is 79.9. The Hall–Kier alpha value is -3.02. The molecule has 0 spiro atoms. The Kier molecular flexibility index (Phi) is 13.2. The van der Waals surface area contributed by atoms with Crippen molar-refractivity contribution in [3.8, 4) is 0 Å². The molecule has 4 aromatic rings. The minimum Gasteiger partial charge on any atom is -0.465 e. The van der Waals surface area contributed by atoms with E-state index in [1.807, 2.05) is 58.0 Å². The van der Waals surface area contributed by atoms with Gasteiger partial charge >= 0.3 is 23.9 Å². The predicted octanol–water partition coefficient (Wildman–Crippen LogP) is 9.75. The van der Waals surface area contributed by atoms with Crippen LogP contribution in [0.2, 0.25) is 0 Å². The van der Waals surface area contributed by atoms with Crippen molar-refractivity contribution in [2.75, 3.05) is 26.4 Å². The van der Waals surface area contributed by atoms with Gasteiger partial charge in [0.05, 0.1) is 37.6 Å². The van der Waals surface area contributed by atoms with E-state index in [0.29, 0.717) is 51.9 Å². The third-order valence-electron chi connectivity index (χ3n) is 9.27. The van der Waals surface area contributed by atoms with Crippen molar-refractivity contribution in [1.29, 1.82) is 0 Å². The molecule has 51 heavy (non-hydrogen) atoms. The summed E-state index contributed by atoms with van der Waals surface area (Å²) in [6.45, 7) is 8.33. The van der Waals surface area contributed by atoms with Crippen molar-refractivity contribution >= 4 is 110 Å². The fourth-order valence-electron chi connectivity index (χ4n) is 6.70. The SMILES string of the molecule is CCCCOC(=O)C1=c2c(C(=O)OCCCC)cc(Br)c3c2c(c2cccc4ccc(Br)c3c42)C(Br)(C(=O)OCCCC)C1C(=O)OCCCC. The molecule has 0 aliphatic heterocycles. The van der Waals surface area contributed by atoms with Crippen LogP contribution in [-0.4, -0.2) is 50.3 Å². The minimum absolute atomic E-state index is 0.0691. The van der Waals surface area contributed by atoms with E-state index in [2.05, 4.69) is 47.8 Å². The summed E-state index contributed by atoms with van der Waals surface area (Å²) in [7, 11) is 0. The van der Waals surface area contributed by atoms with E-state index in [4.69, 9.17) is 18.9 Å². The second-order valence-electron chi connectivity index (χ2n) is 12.8. The van der Waals surface area contributed by atoms with Crippen molar-refractivity contribution in [2.24, 2.45) is 5.92 Å². The van der Waals surface area contributed by atoms with Crippen LogP contribution in [0, 0.1) is 5.92 Å². The van der Waals surface area contributed by atoms with Crippen LogP contribution in [0.3, 0.4) is 0 Å². The summed E-state index contributed by atoms with van der Waals surface area (Å²) >= 11 is 11.4. The first-order chi connectivity index (χ1) is 24.6. The topological polar surface area (TPSA) is 105 Å². The molecule has 2 atom stereocenters. The fraction of sp³-hybridized carbons (Fsp3) is 0.450. The van der Waals surface area contributed by atoms with E-state index < -0.39 is 34.1 Å². The lowest BCUT2D eigenvalue weighted by molar-refractivity contribution is -0.157. The van der Waals surface area contributed by atoms with E-state index in [1.165, 1.54) is 0 Å².